The van der Waals surface area contributed by atoms with Crippen molar-refractivity contribution >= 4 is 5.69 Å². The molecule has 3 heteroatoms. The summed E-state index contributed by atoms with van der Waals surface area (Å²) in [7, 11) is 0. The maximum atomic E-state index is 13.6. The molecule has 0 bridgehead atoms. The summed E-state index contributed by atoms with van der Waals surface area (Å²) in [6.07, 6.45) is 3.63. The van der Waals surface area contributed by atoms with Crippen LogP contribution in [0, 0.1) is 12.7 Å². The van der Waals surface area contributed by atoms with Gasteiger partial charge in [0.1, 0.15) is 5.82 Å². The zero-order valence-electron chi connectivity index (χ0n) is 11.1. The minimum atomic E-state index is -0.219. The molecule has 98 valence electrons. The van der Waals surface area contributed by atoms with Gasteiger partial charge in [-0.15, -0.1) is 13.2 Å². The van der Waals surface area contributed by atoms with Gasteiger partial charge >= 0.3 is 0 Å². The Hall–Kier alpha value is -1.61. The van der Waals surface area contributed by atoms with Crippen molar-refractivity contribution in [3.05, 3.63) is 54.4 Å². The summed E-state index contributed by atoms with van der Waals surface area (Å²) in [6.45, 7) is 12.4. The second-order valence-corrected chi connectivity index (χ2v) is 4.43. The van der Waals surface area contributed by atoms with Crippen LogP contribution in [0.4, 0.5) is 10.1 Å². The number of aryl methyl sites for hydroxylation is 1. The molecule has 0 heterocycles. The number of benzene rings is 1. The van der Waals surface area contributed by atoms with Crippen LogP contribution >= 0.6 is 0 Å². The lowest BCUT2D eigenvalue weighted by molar-refractivity contribution is 0.612. The number of rotatable bonds is 6. The van der Waals surface area contributed by atoms with Gasteiger partial charge in [0.2, 0.25) is 0 Å². The van der Waals surface area contributed by atoms with Crippen LogP contribution in [0.25, 0.3) is 0 Å². The standard InChI is InChI=1S/C15H21FN2/c1-5-7-18(8-6-2)15-9-11(3)14(16)10-13(15)12(4)17/h5-6,9-10,12H,1-2,7-8,17H2,3-4H3/t12-/m1/s1. The van der Waals surface area contributed by atoms with Crippen molar-refractivity contribution < 1.29 is 4.39 Å². The SMILES string of the molecule is C=CCN(CC=C)c1cc(C)c(F)cc1[C@@H](C)N. The first-order valence-electron chi connectivity index (χ1n) is 6.03. The van der Waals surface area contributed by atoms with Crippen LogP contribution < -0.4 is 10.6 Å². The Morgan fingerprint density at radius 1 is 1.33 bits per heavy atom. The number of hydrogen-bond acceptors (Lipinski definition) is 2. The van der Waals surface area contributed by atoms with Gasteiger partial charge in [-0.3, -0.25) is 0 Å². The van der Waals surface area contributed by atoms with Crippen LogP contribution in [-0.4, -0.2) is 13.1 Å². The van der Waals surface area contributed by atoms with Crippen molar-refractivity contribution in [3.8, 4) is 0 Å². The van der Waals surface area contributed by atoms with Crippen molar-refractivity contribution in [1.82, 2.24) is 0 Å². The summed E-state index contributed by atoms with van der Waals surface area (Å²) in [6, 6.07) is 3.14. The molecule has 0 saturated carbocycles. The zero-order valence-corrected chi connectivity index (χ0v) is 11.1. The molecule has 0 fully saturated rings. The Morgan fingerprint density at radius 2 is 1.89 bits per heavy atom. The van der Waals surface area contributed by atoms with Crippen LogP contribution in [0.15, 0.2) is 37.4 Å². The predicted molar refractivity (Wildman–Crippen MR) is 76.3 cm³/mol. The number of halogens is 1. The summed E-state index contributed by atoms with van der Waals surface area (Å²) < 4.78 is 13.6. The lowest BCUT2D eigenvalue weighted by atomic mass is 10.0. The first kappa shape index (κ1) is 14.5. The van der Waals surface area contributed by atoms with Crippen molar-refractivity contribution in [3.63, 3.8) is 0 Å². The Balaban J connectivity index is 3.29. The molecule has 0 unspecified atom stereocenters. The van der Waals surface area contributed by atoms with Crippen LogP contribution in [0.5, 0.6) is 0 Å². The molecule has 2 N–H and O–H groups in total. The molecule has 1 aromatic rings. The lowest BCUT2D eigenvalue weighted by Gasteiger charge is -2.26. The van der Waals surface area contributed by atoms with E-state index in [2.05, 4.69) is 18.1 Å². The van der Waals surface area contributed by atoms with E-state index in [0.717, 1.165) is 11.3 Å². The number of anilines is 1. The molecule has 1 aromatic carbocycles. The quantitative estimate of drug-likeness (QED) is 0.782. The number of hydrogen-bond donors (Lipinski definition) is 1. The molecule has 1 rings (SSSR count). The molecular formula is C15H21FN2. The molecule has 2 nitrogen and oxygen atoms in total. The average molecular weight is 248 g/mol. The van der Waals surface area contributed by atoms with Crippen LogP contribution in [0.2, 0.25) is 0 Å². The fourth-order valence-electron chi connectivity index (χ4n) is 1.90. The van der Waals surface area contributed by atoms with E-state index in [1.54, 1.807) is 6.92 Å². The molecular weight excluding hydrogens is 227 g/mol. The van der Waals surface area contributed by atoms with Gasteiger partial charge in [-0.1, -0.05) is 12.2 Å². The van der Waals surface area contributed by atoms with E-state index in [0.29, 0.717) is 18.7 Å². The molecule has 0 saturated heterocycles. The molecule has 0 radical (unpaired) electrons. The number of nitrogens with two attached hydrogens (primary N) is 1. The lowest BCUT2D eigenvalue weighted by Crippen LogP contribution is -2.26. The fraction of sp³-hybridized carbons (Fsp3) is 0.333. The monoisotopic (exact) mass is 248 g/mol. The molecule has 0 aromatic heterocycles. The molecule has 0 amide bonds. The molecule has 1 atom stereocenters. The van der Waals surface area contributed by atoms with Crippen molar-refractivity contribution in [2.24, 2.45) is 5.73 Å². The summed E-state index contributed by atoms with van der Waals surface area (Å²) >= 11 is 0. The molecule has 0 aliphatic rings. The largest absolute Gasteiger partial charge is 0.364 e. The summed E-state index contributed by atoms with van der Waals surface area (Å²) in [5.74, 6) is -0.219. The molecule has 0 spiro atoms. The van der Waals surface area contributed by atoms with Gasteiger partial charge < -0.3 is 10.6 Å². The average Bonchev–Trinajstić information content (AvgIpc) is 2.31. The van der Waals surface area contributed by atoms with Gasteiger partial charge in [0.05, 0.1) is 0 Å². The maximum Gasteiger partial charge on any atom is 0.126 e. The summed E-state index contributed by atoms with van der Waals surface area (Å²) in [5.41, 5.74) is 8.29. The summed E-state index contributed by atoms with van der Waals surface area (Å²) in [4.78, 5) is 2.07. The highest BCUT2D eigenvalue weighted by molar-refractivity contribution is 5.57. The zero-order chi connectivity index (χ0) is 13.7. The topological polar surface area (TPSA) is 29.3 Å². The van der Waals surface area contributed by atoms with Crippen molar-refractivity contribution in [1.29, 1.82) is 0 Å². The predicted octanol–water partition coefficient (Wildman–Crippen LogP) is 3.33. The molecule has 0 aliphatic heterocycles. The van der Waals surface area contributed by atoms with Gasteiger partial charge in [-0.25, -0.2) is 4.39 Å². The second kappa shape index (κ2) is 6.36. The van der Waals surface area contributed by atoms with Gasteiger partial charge in [0.15, 0.2) is 0 Å². The van der Waals surface area contributed by atoms with Crippen LogP contribution in [-0.2, 0) is 0 Å². The van der Waals surface area contributed by atoms with E-state index in [4.69, 9.17) is 5.73 Å². The van der Waals surface area contributed by atoms with E-state index in [1.807, 2.05) is 25.1 Å². The minimum absolute atomic E-state index is 0.216. The normalized spacial score (nSPS) is 12.0. The minimum Gasteiger partial charge on any atom is -0.364 e. The van der Waals surface area contributed by atoms with Crippen LogP contribution in [0.3, 0.4) is 0 Å². The van der Waals surface area contributed by atoms with E-state index in [1.165, 1.54) is 6.07 Å². The molecule has 18 heavy (non-hydrogen) atoms. The van der Waals surface area contributed by atoms with E-state index < -0.39 is 0 Å². The highest BCUT2D eigenvalue weighted by Gasteiger charge is 2.15. The van der Waals surface area contributed by atoms with Gasteiger partial charge in [-0.05, 0) is 37.1 Å². The first-order valence-corrected chi connectivity index (χ1v) is 6.03. The third kappa shape index (κ3) is 3.20. The van der Waals surface area contributed by atoms with Gasteiger partial charge in [0, 0.05) is 24.8 Å². The highest BCUT2D eigenvalue weighted by atomic mass is 19.1. The maximum absolute atomic E-state index is 13.6. The third-order valence-corrected chi connectivity index (χ3v) is 2.84. The van der Waals surface area contributed by atoms with Crippen molar-refractivity contribution in [2.75, 3.05) is 18.0 Å². The number of nitrogens with zero attached hydrogens (tertiary/aromatic N) is 1. The summed E-state index contributed by atoms with van der Waals surface area (Å²) in [5, 5.41) is 0. The smallest absolute Gasteiger partial charge is 0.126 e. The van der Waals surface area contributed by atoms with Crippen molar-refractivity contribution in [2.45, 2.75) is 19.9 Å². The Bertz CT molecular complexity index is 428. The van der Waals surface area contributed by atoms with Gasteiger partial charge in [-0.2, -0.15) is 0 Å². The fourth-order valence-corrected chi connectivity index (χ4v) is 1.90. The van der Waals surface area contributed by atoms with Gasteiger partial charge in [0.25, 0.3) is 0 Å². The third-order valence-electron chi connectivity index (χ3n) is 2.84. The second-order valence-electron chi connectivity index (χ2n) is 4.43. The first-order chi connectivity index (χ1) is 8.51. The Labute approximate surface area is 109 Å². The van der Waals surface area contributed by atoms with E-state index in [9.17, 15) is 4.39 Å². The van der Waals surface area contributed by atoms with E-state index >= 15 is 0 Å². The molecule has 0 aliphatic carbocycles. The van der Waals surface area contributed by atoms with Crippen LogP contribution in [0.1, 0.15) is 24.1 Å². The Kier molecular flexibility index (Phi) is 5.10. The Morgan fingerprint density at radius 3 is 2.33 bits per heavy atom. The highest BCUT2D eigenvalue weighted by Crippen LogP contribution is 2.28. The van der Waals surface area contributed by atoms with E-state index in [-0.39, 0.29) is 11.9 Å².